The Bertz CT molecular complexity index is 677. The fraction of sp³-hybridized carbons (Fsp3) is 0.526. The molecule has 2 heterocycles. The van der Waals surface area contributed by atoms with Gasteiger partial charge in [-0.1, -0.05) is 19.3 Å². The molecule has 1 saturated carbocycles. The summed E-state index contributed by atoms with van der Waals surface area (Å²) in [6, 6.07) is 4.38. The largest absolute Gasteiger partial charge is 0.335 e. The molecule has 0 radical (unpaired) electrons. The van der Waals surface area contributed by atoms with Gasteiger partial charge in [-0.25, -0.2) is 4.98 Å². The van der Waals surface area contributed by atoms with Gasteiger partial charge in [0.1, 0.15) is 0 Å². The molecule has 5 heteroatoms. The highest BCUT2D eigenvalue weighted by atomic mass is 32.1. The summed E-state index contributed by atoms with van der Waals surface area (Å²) in [7, 11) is 0. The maximum atomic E-state index is 13.1. The lowest BCUT2D eigenvalue weighted by Crippen LogP contribution is -2.41. The number of aromatic nitrogens is 2. The molecule has 0 bridgehead atoms. The van der Waals surface area contributed by atoms with Crippen LogP contribution in [0.5, 0.6) is 0 Å². The lowest BCUT2D eigenvalue weighted by atomic mass is 9.93. The number of thiazole rings is 1. The lowest BCUT2D eigenvalue weighted by molar-refractivity contribution is -0.134. The van der Waals surface area contributed by atoms with Crippen molar-refractivity contribution in [2.75, 3.05) is 0 Å². The molecule has 1 amide bonds. The highest BCUT2D eigenvalue weighted by Gasteiger charge is 2.26. The first-order valence-electron chi connectivity index (χ1n) is 8.75. The number of rotatable bonds is 5. The Morgan fingerprint density at radius 2 is 1.92 bits per heavy atom. The van der Waals surface area contributed by atoms with Gasteiger partial charge in [0, 0.05) is 29.9 Å². The standard InChI is InChI=1S/C19H25N3OS/c1-14-18(24-15(2)21-14)12-19(23)22(17-6-4-3-5-7-17)13-16-8-10-20-11-9-16/h8-11,17H,3-7,12-13H2,1-2H3. The van der Waals surface area contributed by atoms with Crippen LogP contribution in [0.15, 0.2) is 24.5 Å². The van der Waals surface area contributed by atoms with Crippen molar-refractivity contribution in [2.45, 2.75) is 65.0 Å². The third-order valence-electron chi connectivity index (χ3n) is 4.75. The van der Waals surface area contributed by atoms with Gasteiger partial charge in [0.25, 0.3) is 0 Å². The summed E-state index contributed by atoms with van der Waals surface area (Å²) >= 11 is 1.64. The maximum absolute atomic E-state index is 13.1. The van der Waals surface area contributed by atoms with Crippen LogP contribution in [0.3, 0.4) is 0 Å². The van der Waals surface area contributed by atoms with E-state index in [4.69, 9.17) is 0 Å². The Morgan fingerprint density at radius 3 is 2.54 bits per heavy atom. The summed E-state index contributed by atoms with van der Waals surface area (Å²) in [5.74, 6) is 0.227. The first-order valence-corrected chi connectivity index (χ1v) is 9.56. The number of hydrogen-bond donors (Lipinski definition) is 0. The van der Waals surface area contributed by atoms with Crippen molar-refractivity contribution >= 4 is 17.2 Å². The minimum Gasteiger partial charge on any atom is -0.335 e. The van der Waals surface area contributed by atoms with Crippen LogP contribution in [0.2, 0.25) is 0 Å². The number of nitrogens with zero attached hydrogens (tertiary/aromatic N) is 3. The van der Waals surface area contributed by atoms with Gasteiger partial charge in [0.15, 0.2) is 0 Å². The summed E-state index contributed by atoms with van der Waals surface area (Å²) < 4.78 is 0. The predicted octanol–water partition coefficient (Wildman–Crippen LogP) is 4.06. The molecule has 0 N–H and O–H groups in total. The van der Waals surface area contributed by atoms with Gasteiger partial charge in [0.05, 0.1) is 17.1 Å². The smallest absolute Gasteiger partial charge is 0.228 e. The first-order chi connectivity index (χ1) is 11.6. The minimum absolute atomic E-state index is 0.227. The summed E-state index contributed by atoms with van der Waals surface area (Å²) in [6.45, 7) is 4.68. The summed E-state index contributed by atoms with van der Waals surface area (Å²) in [5, 5.41) is 1.04. The maximum Gasteiger partial charge on any atom is 0.228 e. The SMILES string of the molecule is Cc1nc(C)c(CC(=O)N(Cc2ccncc2)C2CCCCC2)s1. The van der Waals surface area contributed by atoms with Crippen LogP contribution >= 0.6 is 11.3 Å². The van der Waals surface area contributed by atoms with Crippen molar-refractivity contribution in [2.24, 2.45) is 0 Å². The molecule has 2 aromatic heterocycles. The number of carbonyl (C=O) groups excluding carboxylic acids is 1. The number of hydrogen-bond acceptors (Lipinski definition) is 4. The molecule has 0 aliphatic heterocycles. The Morgan fingerprint density at radius 1 is 1.21 bits per heavy atom. The Balaban J connectivity index is 1.77. The number of pyridine rings is 1. The van der Waals surface area contributed by atoms with Crippen LogP contribution in [-0.4, -0.2) is 26.8 Å². The van der Waals surface area contributed by atoms with Crippen molar-refractivity contribution in [3.63, 3.8) is 0 Å². The molecule has 128 valence electrons. The Hall–Kier alpha value is -1.75. The van der Waals surface area contributed by atoms with Crippen LogP contribution < -0.4 is 0 Å². The number of aryl methyl sites for hydroxylation is 2. The van der Waals surface area contributed by atoms with Crippen molar-refractivity contribution in [1.82, 2.24) is 14.9 Å². The fourth-order valence-corrected chi connectivity index (χ4v) is 4.40. The Labute approximate surface area is 147 Å². The van der Waals surface area contributed by atoms with Crippen LogP contribution in [0.1, 0.15) is 53.2 Å². The Kier molecular flexibility index (Phi) is 5.61. The molecule has 24 heavy (non-hydrogen) atoms. The lowest BCUT2D eigenvalue weighted by Gasteiger charge is -2.34. The van der Waals surface area contributed by atoms with E-state index in [1.165, 1.54) is 19.3 Å². The van der Waals surface area contributed by atoms with Gasteiger partial charge in [-0.3, -0.25) is 9.78 Å². The van der Waals surface area contributed by atoms with Crippen molar-refractivity contribution < 1.29 is 4.79 Å². The predicted molar refractivity (Wildman–Crippen MR) is 97.0 cm³/mol. The van der Waals surface area contributed by atoms with E-state index in [0.717, 1.165) is 34.0 Å². The van der Waals surface area contributed by atoms with Crippen LogP contribution in [0.4, 0.5) is 0 Å². The van der Waals surface area contributed by atoms with Crippen LogP contribution in [0, 0.1) is 13.8 Å². The second kappa shape index (κ2) is 7.88. The van der Waals surface area contributed by atoms with Gasteiger partial charge in [0.2, 0.25) is 5.91 Å². The van der Waals surface area contributed by atoms with Gasteiger partial charge in [-0.15, -0.1) is 11.3 Å². The average Bonchev–Trinajstić information content (AvgIpc) is 2.91. The quantitative estimate of drug-likeness (QED) is 0.822. The summed E-state index contributed by atoms with van der Waals surface area (Å²) in [6.07, 6.45) is 10.1. The monoisotopic (exact) mass is 343 g/mol. The fourth-order valence-electron chi connectivity index (χ4n) is 3.47. The highest BCUT2D eigenvalue weighted by Crippen LogP contribution is 2.26. The van der Waals surface area contributed by atoms with E-state index < -0.39 is 0 Å². The molecular formula is C19H25N3OS. The van der Waals surface area contributed by atoms with Gasteiger partial charge < -0.3 is 4.90 Å². The summed E-state index contributed by atoms with van der Waals surface area (Å²) in [5.41, 5.74) is 2.15. The molecule has 1 aliphatic carbocycles. The van der Waals surface area contributed by atoms with E-state index >= 15 is 0 Å². The molecule has 0 aromatic carbocycles. The van der Waals surface area contributed by atoms with Crippen molar-refractivity contribution in [1.29, 1.82) is 0 Å². The van der Waals surface area contributed by atoms with Crippen LogP contribution in [-0.2, 0) is 17.8 Å². The van der Waals surface area contributed by atoms with E-state index in [0.29, 0.717) is 19.0 Å². The van der Waals surface area contributed by atoms with E-state index in [-0.39, 0.29) is 5.91 Å². The zero-order valence-electron chi connectivity index (χ0n) is 14.5. The molecule has 2 aromatic rings. The normalized spacial score (nSPS) is 15.4. The highest BCUT2D eigenvalue weighted by molar-refractivity contribution is 7.11. The average molecular weight is 343 g/mol. The molecule has 1 aliphatic rings. The number of amides is 1. The second-order valence-electron chi connectivity index (χ2n) is 6.59. The first kappa shape index (κ1) is 17.1. The van der Waals surface area contributed by atoms with E-state index in [2.05, 4.69) is 14.9 Å². The zero-order valence-corrected chi connectivity index (χ0v) is 15.3. The second-order valence-corrected chi connectivity index (χ2v) is 7.87. The molecule has 0 spiro atoms. The molecule has 4 nitrogen and oxygen atoms in total. The molecule has 0 atom stereocenters. The van der Waals surface area contributed by atoms with E-state index in [1.807, 2.05) is 26.0 Å². The third kappa shape index (κ3) is 4.20. The number of carbonyl (C=O) groups is 1. The van der Waals surface area contributed by atoms with Gasteiger partial charge in [-0.05, 0) is 44.4 Å². The molecule has 0 saturated heterocycles. The summed E-state index contributed by atoms with van der Waals surface area (Å²) in [4.78, 5) is 24.8. The minimum atomic E-state index is 0.227. The van der Waals surface area contributed by atoms with E-state index in [9.17, 15) is 4.79 Å². The third-order valence-corrected chi connectivity index (χ3v) is 5.82. The zero-order chi connectivity index (χ0) is 16.9. The van der Waals surface area contributed by atoms with Gasteiger partial charge >= 0.3 is 0 Å². The molecule has 1 fully saturated rings. The van der Waals surface area contributed by atoms with Gasteiger partial charge in [-0.2, -0.15) is 0 Å². The van der Waals surface area contributed by atoms with Crippen molar-refractivity contribution in [3.05, 3.63) is 45.7 Å². The molecular weight excluding hydrogens is 318 g/mol. The molecule has 0 unspecified atom stereocenters. The topological polar surface area (TPSA) is 46.1 Å². The van der Waals surface area contributed by atoms with E-state index in [1.54, 1.807) is 23.7 Å². The van der Waals surface area contributed by atoms with Crippen LogP contribution in [0.25, 0.3) is 0 Å². The molecule has 3 rings (SSSR count). The van der Waals surface area contributed by atoms with Crippen molar-refractivity contribution in [3.8, 4) is 0 Å².